The predicted octanol–water partition coefficient (Wildman–Crippen LogP) is 3.94. The van der Waals surface area contributed by atoms with Crippen molar-refractivity contribution >= 4 is 10.0 Å². The van der Waals surface area contributed by atoms with Gasteiger partial charge in [0.05, 0.1) is 5.75 Å². The summed E-state index contributed by atoms with van der Waals surface area (Å²) in [5.74, 6) is -1.65. The van der Waals surface area contributed by atoms with Gasteiger partial charge in [-0.1, -0.05) is 26.0 Å². The Labute approximate surface area is 141 Å². The molecule has 1 rings (SSSR count). The van der Waals surface area contributed by atoms with E-state index in [0.717, 1.165) is 24.3 Å². The number of hydrogen-bond acceptors (Lipinski definition) is 3. The van der Waals surface area contributed by atoms with Crippen LogP contribution in [0.3, 0.4) is 0 Å². The summed E-state index contributed by atoms with van der Waals surface area (Å²) in [6.07, 6.45) is -9.60. The van der Waals surface area contributed by atoms with Gasteiger partial charge >= 0.3 is 12.5 Å². The van der Waals surface area contributed by atoms with Crippen molar-refractivity contribution in [3.8, 4) is 5.75 Å². The van der Waals surface area contributed by atoms with E-state index in [4.69, 9.17) is 0 Å². The normalized spacial score (nSPS) is 13.5. The van der Waals surface area contributed by atoms with E-state index in [1.165, 1.54) is 0 Å². The summed E-state index contributed by atoms with van der Waals surface area (Å²) in [5, 5.41) is 0. The van der Waals surface area contributed by atoms with E-state index in [1.54, 1.807) is 13.8 Å². The first kappa shape index (κ1) is 21.6. The average molecular weight is 393 g/mol. The van der Waals surface area contributed by atoms with Gasteiger partial charge in [-0.3, -0.25) is 0 Å². The molecule has 4 nitrogen and oxygen atoms in total. The minimum atomic E-state index is -4.89. The van der Waals surface area contributed by atoms with Crippen molar-refractivity contribution in [1.82, 2.24) is 4.31 Å². The molecule has 144 valence electrons. The Morgan fingerprint density at radius 3 is 1.96 bits per heavy atom. The van der Waals surface area contributed by atoms with Crippen molar-refractivity contribution in [2.75, 3.05) is 13.1 Å². The highest BCUT2D eigenvalue weighted by Gasteiger charge is 2.36. The second-order valence-electron chi connectivity index (χ2n) is 5.75. The molecule has 1 aromatic carbocycles. The fourth-order valence-electron chi connectivity index (χ4n) is 1.97. The van der Waals surface area contributed by atoms with Crippen LogP contribution in [0.4, 0.5) is 26.3 Å². The van der Waals surface area contributed by atoms with Crippen LogP contribution in [0.5, 0.6) is 5.75 Å². The first-order valence-electron chi connectivity index (χ1n) is 7.07. The molecule has 1 aromatic rings. The number of ether oxygens (including phenoxy) is 1. The number of rotatable bonds is 7. The Bertz CT molecular complexity index is 653. The minimum absolute atomic E-state index is 0.0467. The first-order valence-corrected chi connectivity index (χ1v) is 8.68. The standard InChI is InChI=1S/C14H17F6NO3S/c1-10(2)7-21(9-13(15,16)17)25(22,23)8-11-3-5-12(6-4-11)24-14(18,19)20/h3-6,10H,7-9H2,1-2H3. The first-order chi connectivity index (χ1) is 11.2. The molecule has 0 aliphatic rings. The third-order valence-corrected chi connectivity index (χ3v) is 4.59. The lowest BCUT2D eigenvalue weighted by atomic mass is 10.2. The van der Waals surface area contributed by atoms with Crippen LogP contribution in [0, 0.1) is 5.92 Å². The molecule has 0 bridgehead atoms. The highest BCUT2D eigenvalue weighted by Crippen LogP contribution is 2.25. The van der Waals surface area contributed by atoms with Crippen molar-refractivity contribution in [2.24, 2.45) is 5.92 Å². The van der Waals surface area contributed by atoms with Crippen LogP contribution in [0.2, 0.25) is 0 Å². The lowest BCUT2D eigenvalue weighted by Crippen LogP contribution is -2.41. The van der Waals surface area contributed by atoms with Crippen LogP contribution < -0.4 is 4.74 Å². The maximum atomic E-state index is 12.6. The molecular formula is C14H17F6NO3S. The summed E-state index contributed by atoms with van der Waals surface area (Å²) in [5.41, 5.74) is 0.0467. The zero-order valence-electron chi connectivity index (χ0n) is 13.4. The van der Waals surface area contributed by atoms with Crippen LogP contribution in [0.25, 0.3) is 0 Å². The molecule has 25 heavy (non-hydrogen) atoms. The van der Waals surface area contributed by atoms with E-state index >= 15 is 0 Å². The molecule has 0 unspecified atom stereocenters. The molecule has 0 radical (unpaired) electrons. The summed E-state index contributed by atoms with van der Waals surface area (Å²) >= 11 is 0. The van der Waals surface area contributed by atoms with Crippen molar-refractivity contribution in [3.05, 3.63) is 29.8 Å². The van der Waals surface area contributed by atoms with Gasteiger partial charge in [0.25, 0.3) is 0 Å². The smallest absolute Gasteiger partial charge is 0.406 e. The van der Waals surface area contributed by atoms with Gasteiger partial charge in [0.2, 0.25) is 10.0 Å². The Morgan fingerprint density at radius 1 is 1.04 bits per heavy atom. The zero-order chi connectivity index (χ0) is 19.5. The number of hydrogen-bond donors (Lipinski definition) is 0. The molecule has 0 saturated heterocycles. The molecule has 0 atom stereocenters. The highest BCUT2D eigenvalue weighted by molar-refractivity contribution is 7.88. The quantitative estimate of drug-likeness (QED) is 0.660. The molecular weight excluding hydrogens is 376 g/mol. The van der Waals surface area contributed by atoms with Crippen molar-refractivity contribution < 1.29 is 39.5 Å². The minimum Gasteiger partial charge on any atom is -0.406 e. The second kappa shape index (κ2) is 7.81. The Kier molecular flexibility index (Phi) is 6.74. The van der Waals surface area contributed by atoms with E-state index in [1.807, 2.05) is 0 Å². The molecule has 0 aliphatic heterocycles. The van der Waals surface area contributed by atoms with Crippen LogP contribution in [0.1, 0.15) is 19.4 Å². The lowest BCUT2D eigenvalue weighted by Gasteiger charge is -2.25. The summed E-state index contributed by atoms with van der Waals surface area (Å²) < 4.78 is 102. The molecule has 11 heteroatoms. The van der Waals surface area contributed by atoms with E-state index in [9.17, 15) is 34.8 Å². The predicted molar refractivity (Wildman–Crippen MR) is 78.2 cm³/mol. The largest absolute Gasteiger partial charge is 0.573 e. The van der Waals surface area contributed by atoms with Gasteiger partial charge in [-0.2, -0.15) is 17.5 Å². The summed E-state index contributed by atoms with van der Waals surface area (Å²) in [4.78, 5) is 0. The number of nitrogens with zero attached hydrogens (tertiary/aromatic N) is 1. The van der Waals surface area contributed by atoms with Gasteiger partial charge in [-0.15, -0.1) is 13.2 Å². The van der Waals surface area contributed by atoms with E-state index < -0.39 is 40.6 Å². The summed E-state index contributed by atoms with van der Waals surface area (Å²) in [6, 6.07) is 3.91. The lowest BCUT2D eigenvalue weighted by molar-refractivity contribution is -0.274. The van der Waals surface area contributed by atoms with Gasteiger partial charge in [0, 0.05) is 6.54 Å². The van der Waals surface area contributed by atoms with Crippen molar-refractivity contribution in [1.29, 1.82) is 0 Å². The maximum Gasteiger partial charge on any atom is 0.573 e. The average Bonchev–Trinajstić information content (AvgIpc) is 2.36. The highest BCUT2D eigenvalue weighted by atomic mass is 32.2. The topological polar surface area (TPSA) is 46.6 Å². The number of alkyl halides is 6. The third kappa shape index (κ3) is 8.43. The van der Waals surface area contributed by atoms with Gasteiger partial charge in [-0.25, -0.2) is 8.42 Å². The molecule has 0 amide bonds. The maximum absolute atomic E-state index is 12.6. The Hall–Kier alpha value is -1.49. The number of halogens is 6. The monoisotopic (exact) mass is 393 g/mol. The van der Waals surface area contributed by atoms with Crippen LogP contribution in [-0.2, 0) is 15.8 Å². The fourth-order valence-corrected chi connectivity index (χ4v) is 3.64. The molecule has 0 aliphatic carbocycles. The zero-order valence-corrected chi connectivity index (χ0v) is 14.2. The van der Waals surface area contributed by atoms with E-state index in [0.29, 0.717) is 4.31 Å². The number of benzene rings is 1. The SMILES string of the molecule is CC(C)CN(CC(F)(F)F)S(=O)(=O)Cc1ccc(OC(F)(F)F)cc1. The van der Waals surface area contributed by atoms with Crippen LogP contribution in [-0.4, -0.2) is 38.4 Å². The fraction of sp³-hybridized carbons (Fsp3) is 0.571. The molecule has 0 spiro atoms. The Morgan fingerprint density at radius 2 is 1.56 bits per heavy atom. The third-order valence-electron chi connectivity index (χ3n) is 2.82. The van der Waals surface area contributed by atoms with Gasteiger partial charge in [-0.05, 0) is 23.6 Å². The summed E-state index contributed by atoms with van der Waals surface area (Å²) in [7, 11) is -4.30. The second-order valence-corrected chi connectivity index (χ2v) is 7.72. The van der Waals surface area contributed by atoms with E-state index in [2.05, 4.69) is 4.74 Å². The molecule has 0 fully saturated rings. The van der Waals surface area contributed by atoms with Crippen LogP contribution in [0.15, 0.2) is 24.3 Å². The van der Waals surface area contributed by atoms with E-state index in [-0.39, 0.29) is 18.0 Å². The molecule has 0 saturated carbocycles. The molecule has 0 aromatic heterocycles. The Balaban J connectivity index is 2.93. The van der Waals surface area contributed by atoms with Crippen molar-refractivity contribution in [3.63, 3.8) is 0 Å². The van der Waals surface area contributed by atoms with Crippen molar-refractivity contribution in [2.45, 2.75) is 32.1 Å². The van der Waals surface area contributed by atoms with Gasteiger partial charge in [0.15, 0.2) is 0 Å². The molecule has 0 N–H and O–H groups in total. The van der Waals surface area contributed by atoms with Gasteiger partial charge < -0.3 is 4.74 Å². The van der Waals surface area contributed by atoms with Crippen LogP contribution >= 0.6 is 0 Å². The summed E-state index contributed by atoms with van der Waals surface area (Å²) in [6.45, 7) is 1.20. The molecule has 0 heterocycles. The van der Waals surface area contributed by atoms with Gasteiger partial charge in [0.1, 0.15) is 12.3 Å². The number of sulfonamides is 1.